The van der Waals surface area contributed by atoms with E-state index in [2.05, 4.69) is 74.4 Å². The van der Waals surface area contributed by atoms with Gasteiger partial charge in [0.15, 0.2) is 52.5 Å². The van der Waals surface area contributed by atoms with E-state index in [1.54, 1.807) is 35.4 Å². The largest absolute Gasteiger partial charge is 2.00 e. The monoisotopic (exact) mass is 958 g/mol. The van der Waals surface area contributed by atoms with Gasteiger partial charge in [-0.05, 0) is 109 Å². The fourth-order valence-corrected chi connectivity index (χ4v) is 10.2. The molecule has 0 unspecified atom stereocenters. The Morgan fingerprint density at radius 1 is 0.726 bits per heavy atom. The maximum absolute atomic E-state index is 6.90. The summed E-state index contributed by atoms with van der Waals surface area (Å²) in [5.74, 6) is 6.28. The second-order valence-electron chi connectivity index (χ2n) is 15.0. The van der Waals surface area contributed by atoms with Crippen LogP contribution in [0, 0.1) is 13.8 Å². The fraction of sp³-hybridized carbons (Fsp3) is 0.375. The van der Waals surface area contributed by atoms with E-state index in [0.717, 1.165) is 101 Å². The minimum Gasteiger partial charge on any atom is -1.00 e. The predicted molar refractivity (Wildman–Crippen MR) is 236 cm³/mol. The molecule has 0 saturated heterocycles. The molecule has 10 nitrogen and oxygen atoms in total. The maximum atomic E-state index is 6.90. The second-order valence-corrected chi connectivity index (χ2v) is 15.3. The number of aryl methyl sites for hydroxylation is 2. The Labute approximate surface area is 403 Å². The summed E-state index contributed by atoms with van der Waals surface area (Å²) in [6, 6.07) is 16.7. The summed E-state index contributed by atoms with van der Waals surface area (Å²) < 4.78 is 47.4. The van der Waals surface area contributed by atoms with E-state index < -0.39 is 0 Å². The minimum atomic E-state index is -0.155. The summed E-state index contributed by atoms with van der Waals surface area (Å²) in [7, 11) is 6.73. The number of hydrogen-bond donors (Lipinski definition) is 0. The van der Waals surface area contributed by atoms with E-state index in [9.17, 15) is 0 Å². The van der Waals surface area contributed by atoms with E-state index in [4.69, 9.17) is 49.5 Å². The number of pyridine rings is 1. The third kappa shape index (κ3) is 7.55. The van der Waals surface area contributed by atoms with Gasteiger partial charge < -0.3 is 79.1 Å². The van der Waals surface area contributed by atoms with E-state index >= 15 is 0 Å². The number of nitrogens with zero attached hydrogens (tertiary/aromatic N) is 2. The van der Waals surface area contributed by atoms with Crippen molar-refractivity contribution in [2.45, 2.75) is 72.4 Å². The van der Waals surface area contributed by atoms with E-state index in [0.29, 0.717) is 23.4 Å². The molecular weight excluding hydrogens is 908 g/mol. The zero-order valence-corrected chi connectivity index (χ0v) is 41.5. The number of methoxy groups -OCH3 is 4. The molecule has 0 fully saturated rings. The average Bonchev–Trinajstić information content (AvgIpc) is 3.95. The normalized spacial score (nSPS) is 14.9. The van der Waals surface area contributed by atoms with Gasteiger partial charge in [0.05, 0.1) is 39.5 Å². The molecule has 0 N–H and O–H groups in total. The first-order chi connectivity index (χ1) is 28.7. The van der Waals surface area contributed by atoms with Crippen molar-refractivity contribution in [1.29, 1.82) is 0 Å². The molecule has 5 aliphatic rings. The summed E-state index contributed by atoms with van der Waals surface area (Å²) in [4.78, 5) is 2.61. The Kier molecular flexibility index (Phi) is 15.7. The minimum absolute atomic E-state index is 0. The molecule has 0 radical (unpaired) electrons. The van der Waals surface area contributed by atoms with Gasteiger partial charge in [0.1, 0.15) is 5.39 Å². The molecule has 0 spiro atoms. The Balaban J connectivity index is 0.000000216. The summed E-state index contributed by atoms with van der Waals surface area (Å²) in [5.41, 5.74) is 12.1. The molecule has 0 aliphatic carbocycles. The van der Waals surface area contributed by atoms with E-state index in [1.165, 1.54) is 39.1 Å². The van der Waals surface area contributed by atoms with Gasteiger partial charge in [-0.15, -0.1) is 0 Å². The molecule has 0 atom stereocenters. The van der Waals surface area contributed by atoms with Crippen molar-refractivity contribution in [1.82, 2.24) is 4.90 Å². The number of hydrogen-bond acceptors (Lipinski definition) is 9. The molecule has 6 heterocycles. The smallest absolute Gasteiger partial charge is 1.00 e. The summed E-state index contributed by atoms with van der Waals surface area (Å²) in [6.07, 6.45) is 3.82. The van der Waals surface area contributed by atoms with Crippen molar-refractivity contribution in [3.05, 3.63) is 94.0 Å². The Hall–Kier alpha value is -3.94. The first-order valence-electron chi connectivity index (χ1n) is 20.3. The number of aromatic nitrogens is 1. The topological polar surface area (TPSA) is 81.0 Å². The molecule has 0 saturated carbocycles. The van der Waals surface area contributed by atoms with Crippen LogP contribution < -0.4 is 71.9 Å². The van der Waals surface area contributed by atoms with Crippen molar-refractivity contribution in [3.8, 4) is 57.3 Å². The van der Waals surface area contributed by atoms with Crippen molar-refractivity contribution in [2.24, 2.45) is 0 Å². The number of halogens is 3. The standard InChI is InChI=1S/C25H29NO4.C21H19ClNO4.C2H5.BrH.ClH.Mg/c1-6-25(7-2)22-17(8-9-19(27-4)24(22)28-5)15(3)23-18-13-21-20(29-14-30-21)12-16(18)10-11-26(23)25;1-11-13-4-5-15(24-2)20(25-3)18(13)21(22)23-7-6-12-8-16-17(27-10-26-16)9-14(12)19(11)23;1-2;;;/h8-9,12-13H,6-7,10-11,14H2,1-5H3;4-5,8-9H,6-7,10H2,1-3H3;1H2,2H3;2*1H;/q;+1;-1;;;+2/p-2. The van der Waals surface area contributed by atoms with Gasteiger partial charge in [-0.25, -0.2) is 0 Å². The van der Waals surface area contributed by atoms with Crippen LogP contribution in [-0.2, 0) is 24.9 Å². The molecule has 0 bridgehead atoms. The van der Waals surface area contributed by atoms with Gasteiger partial charge in [0.2, 0.25) is 19.3 Å². The number of rotatable bonds is 6. The molecule has 326 valence electrons. The Morgan fingerprint density at radius 3 is 1.82 bits per heavy atom. The van der Waals surface area contributed by atoms with Crippen LogP contribution in [-0.4, -0.2) is 76.5 Å². The molecule has 10 rings (SSSR count). The van der Waals surface area contributed by atoms with Crippen LogP contribution in [0.4, 0.5) is 0 Å². The molecule has 62 heavy (non-hydrogen) atoms. The second kappa shape index (κ2) is 19.8. The quantitative estimate of drug-likeness (QED) is 0.110. The predicted octanol–water partition coefficient (Wildman–Crippen LogP) is 3.73. The van der Waals surface area contributed by atoms with E-state index in [-0.39, 0.29) is 64.8 Å². The third-order valence-corrected chi connectivity index (χ3v) is 13.1. The van der Waals surface area contributed by atoms with Crippen LogP contribution in [0.3, 0.4) is 0 Å². The summed E-state index contributed by atoms with van der Waals surface area (Å²) >= 11 is 6.90. The van der Waals surface area contributed by atoms with Gasteiger partial charge in [-0.2, -0.15) is 11.5 Å². The fourth-order valence-electron chi connectivity index (χ4n) is 9.89. The van der Waals surface area contributed by atoms with Crippen LogP contribution in [0.2, 0.25) is 5.15 Å². The zero-order valence-electron chi connectivity index (χ0n) is 37.0. The summed E-state index contributed by atoms with van der Waals surface area (Å²) in [5, 5.41) is 2.59. The van der Waals surface area contributed by atoms with E-state index in [1.807, 2.05) is 18.2 Å². The number of allylic oxidation sites excluding steroid dienone is 1. The van der Waals surface area contributed by atoms with Gasteiger partial charge >= 0.3 is 23.1 Å². The first kappa shape index (κ1) is 49.1. The molecular formula is C48H53BrCl2MgN2O8. The van der Waals surface area contributed by atoms with Crippen molar-refractivity contribution < 1.29 is 71.9 Å². The van der Waals surface area contributed by atoms with Crippen LogP contribution in [0.1, 0.15) is 73.9 Å². The maximum Gasteiger partial charge on any atom is 2.00 e. The van der Waals surface area contributed by atoms with Gasteiger partial charge in [0.25, 0.3) is 5.15 Å². The van der Waals surface area contributed by atoms with Crippen LogP contribution in [0.15, 0.2) is 48.5 Å². The van der Waals surface area contributed by atoms with Gasteiger partial charge in [-0.3, -0.25) is 0 Å². The average molecular weight is 961 g/mol. The Morgan fingerprint density at radius 2 is 1.26 bits per heavy atom. The molecule has 4 aromatic carbocycles. The zero-order chi connectivity index (χ0) is 41.7. The third-order valence-electron chi connectivity index (χ3n) is 12.7. The molecule has 5 aromatic rings. The van der Waals surface area contributed by atoms with Crippen LogP contribution in [0.5, 0.6) is 46.0 Å². The SMILES string of the molecule is CCC1(CC)c2c(ccc(OC)c2OC)C(C)=C2c3cc4c(cc3CCN21)OCO4.COc1ccc2c(C)c3[n+](c(Cl)c2c1OC)CCc1cc2c(cc1-3)OCO2.[Br-].[CH2-]C.[Cl-].[Mg+2]. The van der Waals surface area contributed by atoms with Crippen LogP contribution in [0.25, 0.3) is 33.3 Å². The van der Waals surface area contributed by atoms with Crippen LogP contribution >= 0.6 is 11.6 Å². The number of ether oxygens (including phenoxy) is 8. The van der Waals surface area contributed by atoms with Gasteiger partial charge in [0, 0.05) is 40.7 Å². The molecule has 5 aliphatic heterocycles. The van der Waals surface area contributed by atoms with Gasteiger partial charge in [-0.1, -0.05) is 19.9 Å². The molecule has 0 amide bonds. The van der Waals surface area contributed by atoms with Crippen molar-refractivity contribution in [2.75, 3.05) is 48.6 Å². The summed E-state index contributed by atoms with van der Waals surface area (Å²) in [6.45, 7) is 16.2. The number of fused-ring (bicyclic) bond motifs is 10. The number of benzene rings is 4. The molecule has 14 heteroatoms. The van der Waals surface area contributed by atoms with Crippen molar-refractivity contribution >= 4 is 56.7 Å². The van der Waals surface area contributed by atoms with Crippen molar-refractivity contribution in [3.63, 3.8) is 0 Å². The molecule has 1 aromatic heterocycles. The Bertz CT molecular complexity index is 2530. The first-order valence-corrected chi connectivity index (χ1v) is 20.7.